The smallest absolute Gasteiger partial charge is 0.317 e. The Morgan fingerprint density at radius 2 is 2.00 bits per heavy atom. The van der Waals surface area contributed by atoms with Gasteiger partial charge in [0.1, 0.15) is 0 Å². The fraction of sp³-hybridized carbons (Fsp3) is 0.867. The van der Waals surface area contributed by atoms with Crippen molar-refractivity contribution in [2.24, 2.45) is 11.8 Å². The zero-order valence-corrected chi connectivity index (χ0v) is 12.9. The summed E-state index contributed by atoms with van der Waals surface area (Å²) in [6, 6.07) is 0.0433. The van der Waals surface area contributed by atoms with Gasteiger partial charge in [-0.3, -0.25) is 4.79 Å². The minimum Gasteiger partial charge on any atom is -0.481 e. The first-order valence-electron chi connectivity index (χ1n) is 7.68. The van der Waals surface area contributed by atoms with Gasteiger partial charge in [0, 0.05) is 25.6 Å². The molecule has 0 bridgehead atoms. The third-order valence-corrected chi connectivity index (χ3v) is 4.29. The van der Waals surface area contributed by atoms with E-state index in [9.17, 15) is 9.59 Å². The third-order valence-electron chi connectivity index (χ3n) is 4.29. The Labute approximate surface area is 121 Å². The lowest BCUT2D eigenvalue weighted by molar-refractivity contribution is -0.137. The number of carbonyl (C=O) groups is 2. The summed E-state index contributed by atoms with van der Waals surface area (Å²) in [5, 5.41) is 11.8. The van der Waals surface area contributed by atoms with Crippen molar-refractivity contribution in [3.05, 3.63) is 0 Å². The van der Waals surface area contributed by atoms with Gasteiger partial charge >= 0.3 is 12.0 Å². The molecule has 0 saturated carbocycles. The highest BCUT2D eigenvalue weighted by molar-refractivity contribution is 5.74. The molecule has 5 nitrogen and oxygen atoms in total. The fourth-order valence-corrected chi connectivity index (χ4v) is 2.44. The maximum Gasteiger partial charge on any atom is 0.317 e. The lowest BCUT2D eigenvalue weighted by Gasteiger charge is -2.36. The molecule has 1 saturated heterocycles. The Morgan fingerprint density at radius 3 is 2.60 bits per heavy atom. The highest BCUT2D eigenvalue weighted by Crippen LogP contribution is 2.21. The molecule has 0 aromatic rings. The topological polar surface area (TPSA) is 69.6 Å². The summed E-state index contributed by atoms with van der Waals surface area (Å²) in [5.74, 6) is 0.199. The first kappa shape index (κ1) is 16.8. The van der Waals surface area contributed by atoms with Crippen LogP contribution in [0.15, 0.2) is 0 Å². The maximum absolute atomic E-state index is 12.2. The van der Waals surface area contributed by atoms with Crippen molar-refractivity contribution in [1.29, 1.82) is 0 Å². The first-order chi connectivity index (χ1) is 9.41. The van der Waals surface area contributed by atoms with Crippen molar-refractivity contribution in [2.45, 2.75) is 58.9 Å². The molecular formula is C15H28N2O3. The minimum atomic E-state index is -0.788. The van der Waals surface area contributed by atoms with E-state index >= 15 is 0 Å². The van der Waals surface area contributed by atoms with Gasteiger partial charge in [-0.1, -0.05) is 20.8 Å². The standard InChI is InChI=1S/C15H28N2O3/c1-11(2)12(3)10-16-15(20)17-9-5-4-6-13(17)7-8-14(18)19/h11-13H,4-10H2,1-3H3,(H,16,20)(H,18,19). The van der Waals surface area contributed by atoms with Gasteiger partial charge in [-0.2, -0.15) is 0 Å². The van der Waals surface area contributed by atoms with Gasteiger partial charge in [-0.15, -0.1) is 0 Å². The van der Waals surface area contributed by atoms with E-state index in [0.717, 1.165) is 25.8 Å². The summed E-state index contributed by atoms with van der Waals surface area (Å²) in [6.45, 7) is 7.84. The van der Waals surface area contributed by atoms with E-state index < -0.39 is 5.97 Å². The van der Waals surface area contributed by atoms with Crippen molar-refractivity contribution < 1.29 is 14.7 Å². The Morgan fingerprint density at radius 1 is 1.30 bits per heavy atom. The SMILES string of the molecule is CC(C)C(C)CNC(=O)N1CCCCC1CCC(=O)O. The number of aliphatic carboxylic acids is 1. The van der Waals surface area contributed by atoms with Gasteiger partial charge in [-0.25, -0.2) is 4.79 Å². The summed E-state index contributed by atoms with van der Waals surface area (Å²) in [7, 11) is 0. The molecule has 20 heavy (non-hydrogen) atoms. The van der Waals surface area contributed by atoms with Crippen LogP contribution in [0.25, 0.3) is 0 Å². The molecule has 2 amide bonds. The van der Waals surface area contributed by atoms with Gasteiger partial charge < -0.3 is 15.3 Å². The molecule has 2 N–H and O–H groups in total. The van der Waals surface area contributed by atoms with Crippen LogP contribution in [0.4, 0.5) is 4.79 Å². The fourth-order valence-electron chi connectivity index (χ4n) is 2.44. The number of urea groups is 1. The van der Waals surface area contributed by atoms with Crippen molar-refractivity contribution >= 4 is 12.0 Å². The highest BCUT2D eigenvalue weighted by Gasteiger charge is 2.27. The third kappa shape index (κ3) is 5.39. The molecule has 1 rings (SSSR count). The van der Waals surface area contributed by atoms with E-state index in [1.165, 1.54) is 0 Å². The maximum atomic E-state index is 12.2. The molecule has 1 aliphatic rings. The lowest BCUT2D eigenvalue weighted by Crippen LogP contribution is -2.49. The molecule has 0 aromatic carbocycles. The van der Waals surface area contributed by atoms with Crippen LogP contribution < -0.4 is 5.32 Å². The van der Waals surface area contributed by atoms with Gasteiger partial charge in [0.25, 0.3) is 0 Å². The van der Waals surface area contributed by atoms with Gasteiger partial charge in [0.2, 0.25) is 0 Å². The zero-order chi connectivity index (χ0) is 15.1. The van der Waals surface area contributed by atoms with Crippen molar-refractivity contribution in [3.63, 3.8) is 0 Å². The molecule has 1 aliphatic heterocycles. The van der Waals surface area contributed by atoms with Crippen LogP contribution in [0, 0.1) is 11.8 Å². The second kappa shape index (κ2) is 8.12. The van der Waals surface area contributed by atoms with Crippen LogP contribution in [0.2, 0.25) is 0 Å². The monoisotopic (exact) mass is 284 g/mol. The molecule has 0 spiro atoms. The number of hydrogen-bond donors (Lipinski definition) is 2. The van der Waals surface area contributed by atoms with E-state index in [2.05, 4.69) is 26.1 Å². The average molecular weight is 284 g/mol. The van der Waals surface area contributed by atoms with E-state index in [-0.39, 0.29) is 18.5 Å². The van der Waals surface area contributed by atoms with Crippen molar-refractivity contribution in [1.82, 2.24) is 10.2 Å². The Kier molecular flexibility index (Phi) is 6.82. The van der Waals surface area contributed by atoms with Crippen LogP contribution in [0.1, 0.15) is 52.9 Å². The predicted molar refractivity (Wildman–Crippen MR) is 78.6 cm³/mol. The van der Waals surface area contributed by atoms with E-state index in [1.807, 2.05) is 4.90 Å². The average Bonchev–Trinajstić information content (AvgIpc) is 2.42. The second-order valence-corrected chi connectivity index (χ2v) is 6.18. The van der Waals surface area contributed by atoms with Gasteiger partial charge in [-0.05, 0) is 37.5 Å². The summed E-state index contributed by atoms with van der Waals surface area (Å²) in [6.07, 6.45) is 3.70. The summed E-state index contributed by atoms with van der Waals surface area (Å²) < 4.78 is 0. The summed E-state index contributed by atoms with van der Waals surface area (Å²) >= 11 is 0. The quantitative estimate of drug-likeness (QED) is 0.788. The van der Waals surface area contributed by atoms with Crippen LogP contribution in [0.5, 0.6) is 0 Å². The number of piperidine rings is 1. The largest absolute Gasteiger partial charge is 0.481 e. The molecule has 116 valence electrons. The van der Waals surface area contributed by atoms with Gasteiger partial charge in [0.05, 0.1) is 0 Å². The number of hydrogen-bond acceptors (Lipinski definition) is 2. The number of nitrogens with zero attached hydrogens (tertiary/aromatic N) is 1. The molecule has 2 atom stereocenters. The second-order valence-electron chi connectivity index (χ2n) is 6.18. The molecule has 5 heteroatoms. The number of carbonyl (C=O) groups excluding carboxylic acids is 1. The Balaban J connectivity index is 2.47. The van der Waals surface area contributed by atoms with Crippen LogP contribution >= 0.6 is 0 Å². The Hall–Kier alpha value is -1.26. The molecule has 1 fully saturated rings. The molecule has 0 aliphatic carbocycles. The molecule has 0 aromatic heterocycles. The number of carboxylic acids is 1. The van der Waals surface area contributed by atoms with E-state index in [0.29, 0.717) is 24.8 Å². The van der Waals surface area contributed by atoms with Crippen LogP contribution in [0.3, 0.4) is 0 Å². The number of carboxylic acid groups (broad SMARTS) is 1. The summed E-state index contributed by atoms with van der Waals surface area (Å²) in [5.41, 5.74) is 0. The van der Waals surface area contributed by atoms with Gasteiger partial charge in [0.15, 0.2) is 0 Å². The number of nitrogens with one attached hydrogen (secondary N) is 1. The zero-order valence-electron chi connectivity index (χ0n) is 12.9. The van der Waals surface area contributed by atoms with Crippen LogP contribution in [-0.4, -0.2) is 41.1 Å². The van der Waals surface area contributed by atoms with Crippen molar-refractivity contribution in [2.75, 3.05) is 13.1 Å². The van der Waals surface area contributed by atoms with E-state index in [1.54, 1.807) is 0 Å². The first-order valence-corrected chi connectivity index (χ1v) is 7.68. The normalized spacial score (nSPS) is 20.8. The highest BCUT2D eigenvalue weighted by atomic mass is 16.4. The lowest BCUT2D eigenvalue weighted by atomic mass is 9.97. The number of likely N-dealkylation sites (tertiary alicyclic amines) is 1. The Bertz CT molecular complexity index is 331. The molecule has 0 radical (unpaired) electrons. The number of amides is 2. The van der Waals surface area contributed by atoms with Crippen molar-refractivity contribution in [3.8, 4) is 0 Å². The minimum absolute atomic E-state index is 0.0346. The molecular weight excluding hydrogens is 256 g/mol. The number of rotatable bonds is 6. The van der Waals surface area contributed by atoms with Crippen LogP contribution in [-0.2, 0) is 4.79 Å². The molecule has 2 unspecified atom stereocenters. The molecule has 1 heterocycles. The van der Waals surface area contributed by atoms with E-state index in [4.69, 9.17) is 5.11 Å². The summed E-state index contributed by atoms with van der Waals surface area (Å²) in [4.78, 5) is 24.8. The predicted octanol–water partition coefficient (Wildman–Crippen LogP) is 2.71.